The average molecular weight is 390 g/mol. The van der Waals surface area contributed by atoms with Crippen molar-refractivity contribution in [3.05, 3.63) is 58.7 Å². The number of hydrogen-bond donors (Lipinski definition) is 2. The lowest BCUT2D eigenvalue weighted by Crippen LogP contribution is -2.33. The molecule has 0 heterocycles. The Labute approximate surface area is 158 Å². The molecule has 0 saturated heterocycles. The molecule has 3 N–H and O–H groups in total. The molecule has 0 unspecified atom stereocenters. The van der Waals surface area contributed by atoms with Crippen LogP contribution in [0.15, 0.2) is 41.3 Å². The molecule has 0 spiro atoms. The summed E-state index contributed by atoms with van der Waals surface area (Å²) in [7, 11) is -4.10. The van der Waals surface area contributed by atoms with E-state index in [0.717, 1.165) is 15.4 Å². The average Bonchev–Trinajstić information content (AvgIpc) is 2.53. The van der Waals surface area contributed by atoms with Crippen LogP contribution in [0.1, 0.15) is 33.5 Å². The molecule has 0 saturated carbocycles. The van der Waals surface area contributed by atoms with Crippen LogP contribution in [-0.2, 0) is 14.8 Å². The number of nitrogens with zero attached hydrogens (tertiary/aromatic N) is 1. The molecule has 2 rings (SSSR count). The maximum atomic E-state index is 13.3. The number of aliphatic carboxylic acids is 1. The second-order valence-electron chi connectivity index (χ2n) is 6.47. The third-order valence-electron chi connectivity index (χ3n) is 3.95. The zero-order chi connectivity index (χ0) is 20.4. The summed E-state index contributed by atoms with van der Waals surface area (Å²) >= 11 is 0. The molecule has 144 valence electrons. The van der Waals surface area contributed by atoms with E-state index < -0.39 is 21.9 Å². The second kappa shape index (κ2) is 7.79. The van der Waals surface area contributed by atoms with E-state index >= 15 is 0 Å². The number of anilines is 1. The Kier molecular flexibility index (Phi) is 5.90. The molecule has 0 radical (unpaired) electrons. The summed E-state index contributed by atoms with van der Waals surface area (Å²) in [6, 6.07) is 9.39. The molecule has 0 fully saturated rings. The van der Waals surface area contributed by atoms with Crippen molar-refractivity contribution in [3.63, 3.8) is 0 Å². The number of primary amides is 1. The highest BCUT2D eigenvalue weighted by molar-refractivity contribution is 7.92. The molecule has 2 aromatic carbocycles. The summed E-state index contributed by atoms with van der Waals surface area (Å²) in [5.41, 5.74) is 8.00. The van der Waals surface area contributed by atoms with Crippen LogP contribution in [0.2, 0.25) is 0 Å². The number of carbonyl (C=O) groups excluding carboxylic acids is 1. The Hall–Kier alpha value is -2.87. The lowest BCUT2D eigenvalue weighted by Gasteiger charge is -2.25. The standard InChI is InChI=1S/C19H22N2O5S/c1-12-6-13(2)9-16(8-12)21(5-4-18(22)23)27(25,26)17-10-14(3)7-15(11-17)19(20)24/h6-11H,4-5H2,1-3H3,(H2,20,24)(H,22,23). The number of carboxylic acids is 1. The van der Waals surface area contributed by atoms with Gasteiger partial charge >= 0.3 is 5.97 Å². The molecule has 7 nitrogen and oxygen atoms in total. The first-order valence-corrected chi connectivity index (χ1v) is 9.69. The fourth-order valence-electron chi connectivity index (χ4n) is 2.85. The fraction of sp³-hybridized carbons (Fsp3) is 0.263. The summed E-state index contributed by atoms with van der Waals surface area (Å²) in [5, 5.41) is 9.03. The number of benzene rings is 2. The first kappa shape index (κ1) is 20.4. The van der Waals surface area contributed by atoms with Crippen LogP contribution in [0.25, 0.3) is 0 Å². The number of aryl methyl sites for hydroxylation is 3. The topological polar surface area (TPSA) is 118 Å². The predicted molar refractivity (Wildman–Crippen MR) is 102 cm³/mol. The van der Waals surface area contributed by atoms with Crippen LogP contribution in [0.4, 0.5) is 5.69 Å². The zero-order valence-corrected chi connectivity index (χ0v) is 16.2. The fourth-order valence-corrected chi connectivity index (χ4v) is 4.43. The van der Waals surface area contributed by atoms with Crippen LogP contribution in [0, 0.1) is 20.8 Å². The monoisotopic (exact) mass is 390 g/mol. The molecular weight excluding hydrogens is 368 g/mol. The summed E-state index contributed by atoms with van der Waals surface area (Å²) in [6.07, 6.45) is -0.360. The maximum Gasteiger partial charge on any atom is 0.305 e. The van der Waals surface area contributed by atoms with E-state index in [4.69, 9.17) is 10.8 Å². The first-order valence-electron chi connectivity index (χ1n) is 8.25. The van der Waals surface area contributed by atoms with E-state index in [-0.39, 0.29) is 23.4 Å². The van der Waals surface area contributed by atoms with Crippen LogP contribution < -0.4 is 10.0 Å². The number of nitrogens with two attached hydrogens (primary N) is 1. The highest BCUT2D eigenvalue weighted by Crippen LogP contribution is 2.27. The van der Waals surface area contributed by atoms with E-state index in [1.54, 1.807) is 19.1 Å². The third-order valence-corrected chi connectivity index (χ3v) is 5.75. The minimum atomic E-state index is -4.10. The minimum Gasteiger partial charge on any atom is -0.481 e. The zero-order valence-electron chi connectivity index (χ0n) is 15.4. The van der Waals surface area contributed by atoms with Gasteiger partial charge in [0.15, 0.2) is 0 Å². The van der Waals surface area contributed by atoms with Gasteiger partial charge in [-0.05, 0) is 67.8 Å². The number of sulfonamides is 1. The van der Waals surface area contributed by atoms with Crippen molar-refractivity contribution in [1.82, 2.24) is 0 Å². The lowest BCUT2D eigenvalue weighted by molar-refractivity contribution is -0.136. The Balaban J connectivity index is 2.63. The SMILES string of the molecule is Cc1cc(C)cc(N(CCC(=O)O)S(=O)(=O)c2cc(C)cc(C(N)=O)c2)c1. The third kappa shape index (κ3) is 4.85. The Morgan fingerprint density at radius 2 is 1.52 bits per heavy atom. The molecule has 0 aliphatic carbocycles. The van der Waals surface area contributed by atoms with Crippen molar-refractivity contribution in [1.29, 1.82) is 0 Å². The van der Waals surface area contributed by atoms with Crippen LogP contribution in [0.3, 0.4) is 0 Å². The van der Waals surface area contributed by atoms with Gasteiger partial charge in [0, 0.05) is 12.1 Å². The van der Waals surface area contributed by atoms with Gasteiger partial charge in [0.05, 0.1) is 17.0 Å². The molecule has 27 heavy (non-hydrogen) atoms. The lowest BCUT2D eigenvalue weighted by atomic mass is 10.1. The molecule has 1 amide bonds. The van der Waals surface area contributed by atoms with Gasteiger partial charge in [-0.3, -0.25) is 13.9 Å². The van der Waals surface area contributed by atoms with Gasteiger partial charge in [0.2, 0.25) is 5.91 Å². The van der Waals surface area contributed by atoms with Gasteiger partial charge in [-0.1, -0.05) is 6.07 Å². The summed E-state index contributed by atoms with van der Waals surface area (Å²) in [5.74, 6) is -1.85. The van der Waals surface area contributed by atoms with Gasteiger partial charge in [-0.15, -0.1) is 0 Å². The van der Waals surface area contributed by atoms with Crippen molar-refractivity contribution >= 4 is 27.6 Å². The summed E-state index contributed by atoms with van der Waals surface area (Å²) in [4.78, 5) is 22.4. The first-order chi connectivity index (χ1) is 12.5. The highest BCUT2D eigenvalue weighted by atomic mass is 32.2. The smallest absolute Gasteiger partial charge is 0.305 e. The van der Waals surface area contributed by atoms with E-state index in [0.29, 0.717) is 11.3 Å². The van der Waals surface area contributed by atoms with Crippen molar-refractivity contribution in [2.75, 3.05) is 10.8 Å². The summed E-state index contributed by atoms with van der Waals surface area (Å²) < 4.78 is 27.6. The number of hydrogen-bond acceptors (Lipinski definition) is 4. The molecule has 0 atom stereocenters. The second-order valence-corrected chi connectivity index (χ2v) is 8.33. The van der Waals surface area contributed by atoms with Crippen molar-refractivity contribution in [3.8, 4) is 0 Å². The van der Waals surface area contributed by atoms with Crippen molar-refractivity contribution in [2.24, 2.45) is 5.73 Å². The van der Waals surface area contributed by atoms with Crippen LogP contribution >= 0.6 is 0 Å². The van der Waals surface area contributed by atoms with Crippen LogP contribution in [-0.4, -0.2) is 31.9 Å². The van der Waals surface area contributed by atoms with Crippen molar-refractivity contribution in [2.45, 2.75) is 32.1 Å². The van der Waals surface area contributed by atoms with Gasteiger partial charge in [-0.25, -0.2) is 8.42 Å². The maximum absolute atomic E-state index is 13.3. The molecule has 0 aliphatic heterocycles. The normalized spacial score (nSPS) is 11.2. The van der Waals surface area contributed by atoms with Crippen molar-refractivity contribution < 1.29 is 23.1 Å². The molecular formula is C19H22N2O5S. The Bertz CT molecular complexity index is 979. The molecule has 8 heteroatoms. The van der Waals surface area contributed by atoms with Gasteiger partial charge < -0.3 is 10.8 Å². The van der Waals surface area contributed by atoms with E-state index in [2.05, 4.69) is 0 Å². The molecule has 0 aromatic heterocycles. The van der Waals surface area contributed by atoms with E-state index in [1.807, 2.05) is 19.9 Å². The van der Waals surface area contributed by atoms with E-state index in [9.17, 15) is 18.0 Å². The number of amides is 1. The summed E-state index contributed by atoms with van der Waals surface area (Å²) in [6.45, 7) is 5.08. The minimum absolute atomic E-state index is 0.0761. The van der Waals surface area contributed by atoms with E-state index in [1.165, 1.54) is 18.2 Å². The molecule has 0 bridgehead atoms. The number of rotatable bonds is 7. The van der Waals surface area contributed by atoms with Gasteiger partial charge in [0.25, 0.3) is 10.0 Å². The Morgan fingerprint density at radius 3 is 2.04 bits per heavy atom. The largest absolute Gasteiger partial charge is 0.481 e. The number of carboxylic acid groups (broad SMARTS) is 1. The Morgan fingerprint density at radius 1 is 0.963 bits per heavy atom. The van der Waals surface area contributed by atoms with Gasteiger partial charge in [-0.2, -0.15) is 0 Å². The highest BCUT2D eigenvalue weighted by Gasteiger charge is 2.27. The molecule has 0 aliphatic rings. The quantitative estimate of drug-likeness (QED) is 0.752. The number of carbonyl (C=O) groups is 2. The van der Waals surface area contributed by atoms with Gasteiger partial charge in [0.1, 0.15) is 0 Å². The van der Waals surface area contributed by atoms with Crippen LogP contribution in [0.5, 0.6) is 0 Å². The predicted octanol–water partition coefficient (Wildman–Crippen LogP) is 2.38. The molecule has 2 aromatic rings.